The van der Waals surface area contributed by atoms with Gasteiger partial charge in [0.1, 0.15) is 41.3 Å². The number of nitrogens with zero attached hydrogens (tertiary/aromatic N) is 4. The number of amides is 2. The Morgan fingerprint density at radius 2 is 1.96 bits per heavy atom. The number of thioether (sulfide) groups is 2. The number of anilines is 2. The Hall–Kier alpha value is -3.27. The fraction of sp³-hybridized carbons (Fsp3) is 0.367. The average molecular weight is 789 g/mol. The number of carboxylic acids is 1. The van der Waals surface area contributed by atoms with Gasteiger partial charge in [0, 0.05) is 35.4 Å². The van der Waals surface area contributed by atoms with Crippen molar-refractivity contribution in [3.63, 3.8) is 0 Å². The number of carboxylic acid groups (broad SMARTS) is 1. The monoisotopic (exact) mass is 788 g/mol. The zero-order valence-electron chi connectivity index (χ0n) is 27.3. The van der Waals surface area contributed by atoms with Crippen LogP contribution in [-0.2, 0) is 24.0 Å². The third-order valence-corrected chi connectivity index (χ3v) is 12.6. The van der Waals surface area contributed by atoms with E-state index >= 15 is 8.78 Å². The molecule has 14 nitrogen and oxygen atoms in total. The minimum atomic E-state index is -1.65. The SMILES string of the molecule is CCOC(=O)c1c(SCC2=C(C(=O)[O-])N3C(=O)[C@@H](NC(=O)/C(=N\OC)c4csc(N)n4)[C@H]3SC2)sc2c(F)c(N3CCCC3)c(F)cc2c1=O.[Na+]. The number of aliphatic carboxylic acids is 1. The zero-order chi connectivity index (χ0) is 35.9. The van der Waals surface area contributed by atoms with Crippen LogP contribution in [0.3, 0.4) is 0 Å². The largest absolute Gasteiger partial charge is 1.00 e. The molecule has 1 aromatic carbocycles. The maximum absolute atomic E-state index is 15.9. The predicted octanol–water partition coefficient (Wildman–Crippen LogP) is -1.09. The second-order valence-corrected chi connectivity index (χ2v) is 15.2. The zero-order valence-corrected chi connectivity index (χ0v) is 32.5. The van der Waals surface area contributed by atoms with Crippen molar-refractivity contribution in [3.05, 3.63) is 55.8 Å². The summed E-state index contributed by atoms with van der Waals surface area (Å²) in [7, 11) is 1.22. The number of fused-ring (bicyclic) bond motifs is 2. The van der Waals surface area contributed by atoms with Gasteiger partial charge in [0.2, 0.25) is 5.43 Å². The number of rotatable bonds is 11. The number of halogens is 2. The van der Waals surface area contributed by atoms with Gasteiger partial charge < -0.3 is 35.4 Å². The summed E-state index contributed by atoms with van der Waals surface area (Å²) in [4.78, 5) is 76.7. The number of nitrogens with one attached hydrogen (secondary N) is 1. The van der Waals surface area contributed by atoms with Crippen molar-refractivity contribution in [2.24, 2.45) is 5.16 Å². The van der Waals surface area contributed by atoms with Gasteiger partial charge in [-0.2, -0.15) is 0 Å². The molecule has 3 aliphatic rings. The van der Waals surface area contributed by atoms with Gasteiger partial charge in [-0.05, 0) is 31.4 Å². The first kappa shape index (κ1) is 38.9. The molecule has 3 N–H and O–H groups in total. The topological polar surface area (TPSA) is 197 Å². The summed E-state index contributed by atoms with van der Waals surface area (Å²) in [5.41, 5.74) is 3.74. The third kappa shape index (κ3) is 7.36. The maximum atomic E-state index is 15.9. The molecule has 21 heteroatoms. The van der Waals surface area contributed by atoms with Gasteiger partial charge in [-0.3, -0.25) is 19.3 Å². The number of esters is 1. The molecule has 3 aliphatic heterocycles. The number of ether oxygens (including phenoxy) is 1. The standard InChI is InChI=1S/C30H28F2N6O8S4.Na/c1-3-46-28(44)16-22(39)13-8-14(31)21(37-6-4-5-7-37)17(32)23(13)50-29(16)48-10-12-9-47-26-19(25(41)38(26)20(12)27(42)43)35-24(40)18(36-45-2)15-11-49-30(33)34-15;/h8,11,19,26H,3-7,9-10H2,1-2H3,(H2,33,34)(H,35,40)(H,42,43);/q;+1/p-1/b36-18-;/t19-,26-;/m1./s1. The van der Waals surface area contributed by atoms with E-state index in [0.717, 1.165) is 58.2 Å². The smallest absolute Gasteiger partial charge is 0.543 e. The number of benzene rings is 1. The Bertz CT molecular complexity index is 2050. The fourth-order valence-corrected chi connectivity index (χ4v) is 10.2. The number of carbonyl (C=O) groups excluding carboxylic acids is 4. The Labute approximate surface area is 327 Å². The van der Waals surface area contributed by atoms with Crippen LogP contribution in [0.25, 0.3) is 10.1 Å². The van der Waals surface area contributed by atoms with E-state index in [0.29, 0.717) is 13.1 Å². The number of β-lactam (4-membered cyclic amide) rings is 1. The first-order valence-corrected chi connectivity index (χ1v) is 18.7. The van der Waals surface area contributed by atoms with E-state index in [4.69, 9.17) is 15.3 Å². The molecular formula is C30H27F2N6NaO8S4. The minimum absolute atomic E-state index is 0. The molecular weight excluding hydrogens is 762 g/mol. The number of hydrogen-bond donors (Lipinski definition) is 2. The normalized spacial score (nSPS) is 18.7. The number of nitrogens with two attached hydrogens (primary N) is 1. The molecule has 3 aromatic rings. The molecule has 0 unspecified atom stereocenters. The summed E-state index contributed by atoms with van der Waals surface area (Å²) in [6.07, 6.45) is 1.51. The molecule has 0 radical (unpaired) electrons. The van der Waals surface area contributed by atoms with E-state index in [-0.39, 0.29) is 89.8 Å². The first-order valence-electron chi connectivity index (χ1n) is 15.0. The van der Waals surface area contributed by atoms with Crippen molar-refractivity contribution in [3.8, 4) is 0 Å². The van der Waals surface area contributed by atoms with E-state index in [9.17, 15) is 29.1 Å². The first-order chi connectivity index (χ1) is 24.0. The number of oxime groups is 1. The van der Waals surface area contributed by atoms with Crippen molar-refractivity contribution in [1.82, 2.24) is 15.2 Å². The van der Waals surface area contributed by atoms with Crippen molar-refractivity contribution in [1.29, 1.82) is 0 Å². The van der Waals surface area contributed by atoms with Crippen LogP contribution in [0.15, 0.2) is 36.9 Å². The van der Waals surface area contributed by atoms with Crippen LogP contribution >= 0.6 is 46.2 Å². The molecule has 5 heterocycles. The van der Waals surface area contributed by atoms with Crippen LogP contribution in [0.4, 0.5) is 19.6 Å². The molecule has 51 heavy (non-hydrogen) atoms. The van der Waals surface area contributed by atoms with E-state index in [1.54, 1.807) is 4.90 Å². The van der Waals surface area contributed by atoms with E-state index in [1.165, 1.54) is 31.2 Å². The Balaban J connectivity index is 0.00000504. The van der Waals surface area contributed by atoms with Crippen molar-refractivity contribution >= 4 is 96.6 Å². The molecule has 2 fully saturated rings. The van der Waals surface area contributed by atoms with Crippen molar-refractivity contribution < 1.29 is 72.2 Å². The quantitative estimate of drug-likeness (QED) is 0.0595. The van der Waals surface area contributed by atoms with Gasteiger partial charge >= 0.3 is 35.5 Å². The van der Waals surface area contributed by atoms with E-state index < -0.39 is 63.5 Å². The molecule has 0 spiro atoms. The summed E-state index contributed by atoms with van der Waals surface area (Å²) in [6.45, 7) is 2.34. The minimum Gasteiger partial charge on any atom is -0.543 e. The fourth-order valence-electron chi connectivity index (χ4n) is 5.78. The molecule has 2 saturated heterocycles. The molecule has 2 aromatic heterocycles. The van der Waals surface area contributed by atoms with Crippen LogP contribution in [0.5, 0.6) is 0 Å². The van der Waals surface area contributed by atoms with Gasteiger partial charge in [-0.15, -0.1) is 46.2 Å². The second-order valence-electron chi connectivity index (χ2n) is 11.0. The van der Waals surface area contributed by atoms with Gasteiger partial charge in [-0.25, -0.2) is 18.6 Å². The van der Waals surface area contributed by atoms with E-state index in [2.05, 4.69) is 15.5 Å². The number of hydrogen-bond acceptors (Lipinski definition) is 16. The maximum Gasteiger partial charge on any atom is 1.00 e. The summed E-state index contributed by atoms with van der Waals surface area (Å²) >= 11 is 3.88. The van der Waals surface area contributed by atoms with E-state index in [1.807, 2.05) is 0 Å². The molecule has 6 rings (SSSR count). The van der Waals surface area contributed by atoms with Crippen molar-refractivity contribution in [2.75, 3.05) is 48.9 Å². The second kappa shape index (κ2) is 16.2. The average Bonchev–Trinajstić information content (AvgIpc) is 3.77. The van der Waals surface area contributed by atoms with Crippen molar-refractivity contribution in [2.45, 2.75) is 35.4 Å². The molecule has 2 atom stereocenters. The Morgan fingerprint density at radius 3 is 2.59 bits per heavy atom. The number of nitrogen functional groups attached to an aromatic ring is 1. The van der Waals surface area contributed by atoms with Gasteiger partial charge in [-0.1, -0.05) is 5.16 Å². The predicted molar refractivity (Wildman–Crippen MR) is 183 cm³/mol. The van der Waals surface area contributed by atoms with Gasteiger partial charge in [0.15, 0.2) is 16.7 Å². The molecule has 0 saturated carbocycles. The third-order valence-electron chi connectivity index (χ3n) is 7.99. The Kier molecular flexibility index (Phi) is 12.4. The molecule has 2 amide bonds. The van der Waals surface area contributed by atoms with Gasteiger partial charge in [0.05, 0.1) is 27.2 Å². The number of aromatic nitrogens is 1. The molecule has 0 bridgehead atoms. The summed E-state index contributed by atoms with van der Waals surface area (Å²) in [5, 5.41) is 19.2. The summed E-state index contributed by atoms with van der Waals surface area (Å²) < 4.78 is 36.1. The number of thiazole rings is 1. The molecule has 0 aliphatic carbocycles. The van der Waals surface area contributed by atoms with Crippen LogP contribution in [-0.4, -0.2) is 89.1 Å². The van der Waals surface area contributed by atoms with Crippen LogP contribution in [0.2, 0.25) is 0 Å². The van der Waals surface area contributed by atoms with Crippen LogP contribution in [0, 0.1) is 11.6 Å². The van der Waals surface area contributed by atoms with Crippen LogP contribution in [0.1, 0.15) is 35.8 Å². The molecule has 264 valence electrons. The Morgan fingerprint density at radius 1 is 1.24 bits per heavy atom. The summed E-state index contributed by atoms with van der Waals surface area (Å²) in [6, 6.07) is -0.193. The van der Waals surface area contributed by atoms with Crippen LogP contribution < -0.4 is 56.0 Å². The van der Waals surface area contributed by atoms with Gasteiger partial charge in [0.25, 0.3) is 11.8 Å². The number of carbonyl (C=O) groups is 4. The summed E-state index contributed by atoms with van der Waals surface area (Å²) in [5.74, 6) is -6.10.